The normalized spacial score (nSPS) is 12.5. The molecule has 0 aliphatic rings. The first kappa shape index (κ1) is 12.0. The van der Waals surface area contributed by atoms with Crippen molar-refractivity contribution in [3.63, 3.8) is 0 Å². The molecule has 0 saturated heterocycles. The van der Waals surface area contributed by atoms with Crippen LogP contribution in [0.4, 0.5) is 5.82 Å². The van der Waals surface area contributed by atoms with Gasteiger partial charge < -0.3 is 10.0 Å². The van der Waals surface area contributed by atoms with Crippen LogP contribution in [0, 0.1) is 0 Å². The summed E-state index contributed by atoms with van der Waals surface area (Å²) in [7, 11) is 0. The van der Waals surface area contributed by atoms with E-state index in [-0.39, 0.29) is 0 Å². The summed E-state index contributed by atoms with van der Waals surface area (Å²) in [5.74, 6) is 0.990. The van der Waals surface area contributed by atoms with Gasteiger partial charge >= 0.3 is 0 Å². The van der Waals surface area contributed by atoms with Gasteiger partial charge in [-0.25, -0.2) is 4.98 Å². The molecule has 1 heterocycles. The molecule has 1 N–H and O–H groups in total. The van der Waals surface area contributed by atoms with E-state index in [4.69, 9.17) is 0 Å². The lowest BCUT2D eigenvalue weighted by Gasteiger charge is -2.21. The molecule has 0 aliphatic heterocycles. The second-order valence-electron chi connectivity index (χ2n) is 3.71. The lowest BCUT2D eigenvalue weighted by molar-refractivity contribution is 0.199. The number of nitrogens with zero attached hydrogens (tertiary/aromatic N) is 2. The summed E-state index contributed by atoms with van der Waals surface area (Å²) in [6.07, 6.45) is 2.43. The number of anilines is 1. The molecule has 0 spiro atoms. The first-order valence-corrected chi connectivity index (χ1v) is 5.58. The predicted molar refractivity (Wildman–Crippen MR) is 63.0 cm³/mol. The fourth-order valence-electron chi connectivity index (χ4n) is 1.54. The van der Waals surface area contributed by atoms with Crippen LogP contribution in [-0.2, 0) is 0 Å². The molecule has 0 fully saturated rings. The number of pyridine rings is 1. The summed E-state index contributed by atoms with van der Waals surface area (Å²) in [6.45, 7) is 8.03. The van der Waals surface area contributed by atoms with E-state index >= 15 is 0 Å². The summed E-state index contributed by atoms with van der Waals surface area (Å²) in [5, 5.41) is 9.36. The monoisotopic (exact) mass is 208 g/mol. The van der Waals surface area contributed by atoms with Crippen LogP contribution >= 0.6 is 0 Å². The van der Waals surface area contributed by atoms with Gasteiger partial charge in [-0.05, 0) is 31.9 Å². The number of aliphatic hydroxyl groups is 1. The third kappa shape index (κ3) is 3.20. The van der Waals surface area contributed by atoms with Crippen molar-refractivity contribution in [2.45, 2.75) is 33.3 Å². The Labute approximate surface area is 91.8 Å². The Morgan fingerprint density at radius 1 is 1.40 bits per heavy atom. The highest BCUT2D eigenvalue weighted by molar-refractivity contribution is 5.39. The van der Waals surface area contributed by atoms with Gasteiger partial charge in [0.2, 0.25) is 0 Å². The smallest absolute Gasteiger partial charge is 0.128 e. The molecular formula is C12H20N2O. The Bertz CT molecular complexity index is 282. The molecule has 84 valence electrons. The van der Waals surface area contributed by atoms with Crippen molar-refractivity contribution in [3.8, 4) is 0 Å². The standard InChI is InChI=1S/C12H20N2O/c1-4-8-14(5-2)12-7-6-11(9-13-12)10(3)15/h6-7,9-10,15H,4-5,8H2,1-3H3/t10-/m0/s1. The van der Waals surface area contributed by atoms with Gasteiger partial charge in [-0.3, -0.25) is 0 Å². The van der Waals surface area contributed by atoms with Crippen molar-refractivity contribution >= 4 is 5.82 Å². The third-order valence-corrected chi connectivity index (χ3v) is 2.45. The van der Waals surface area contributed by atoms with Crippen molar-refractivity contribution < 1.29 is 5.11 Å². The largest absolute Gasteiger partial charge is 0.389 e. The SMILES string of the molecule is CCCN(CC)c1ccc([C@H](C)O)cn1. The maximum Gasteiger partial charge on any atom is 0.128 e. The fraction of sp³-hybridized carbons (Fsp3) is 0.583. The van der Waals surface area contributed by atoms with E-state index in [0.717, 1.165) is 30.9 Å². The maximum absolute atomic E-state index is 9.36. The van der Waals surface area contributed by atoms with E-state index in [9.17, 15) is 5.11 Å². The van der Waals surface area contributed by atoms with Crippen LogP contribution < -0.4 is 4.90 Å². The number of aliphatic hydroxyl groups excluding tert-OH is 1. The van der Waals surface area contributed by atoms with Crippen molar-refractivity contribution in [1.82, 2.24) is 4.98 Å². The fourth-order valence-corrected chi connectivity index (χ4v) is 1.54. The molecule has 0 bridgehead atoms. The zero-order valence-electron chi connectivity index (χ0n) is 9.77. The lowest BCUT2D eigenvalue weighted by Crippen LogP contribution is -2.24. The average molecular weight is 208 g/mol. The number of rotatable bonds is 5. The Hall–Kier alpha value is -1.09. The number of hydrogen-bond acceptors (Lipinski definition) is 3. The molecule has 1 aromatic heterocycles. The van der Waals surface area contributed by atoms with Crippen LogP contribution in [-0.4, -0.2) is 23.2 Å². The Balaban J connectivity index is 2.77. The van der Waals surface area contributed by atoms with Gasteiger partial charge in [0, 0.05) is 19.3 Å². The van der Waals surface area contributed by atoms with E-state index in [2.05, 4.69) is 23.7 Å². The van der Waals surface area contributed by atoms with E-state index in [1.807, 2.05) is 12.1 Å². The Morgan fingerprint density at radius 2 is 2.13 bits per heavy atom. The number of aromatic nitrogens is 1. The zero-order valence-corrected chi connectivity index (χ0v) is 9.77. The molecule has 3 nitrogen and oxygen atoms in total. The summed E-state index contributed by atoms with van der Waals surface area (Å²) >= 11 is 0. The lowest BCUT2D eigenvalue weighted by atomic mass is 10.2. The topological polar surface area (TPSA) is 36.4 Å². The molecule has 15 heavy (non-hydrogen) atoms. The Morgan fingerprint density at radius 3 is 2.53 bits per heavy atom. The van der Waals surface area contributed by atoms with Crippen LogP contribution in [0.3, 0.4) is 0 Å². The quantitative estimate of drug-likeness (QED) is 0.807. The van der Waals surface area contributed by atoms with Crippen LogP contribution in [0.1, 0.15) is 38.9 Å². The molecular weight excluding hydrogens is 188 g/mol. The molecule has 0 radical (unpaired) electrons. The van der Waals surface area contributed by atoms with Crippen LogP contribution in [0.15, 0.2) is 18.3 Å². The minimum absolute atomic E-state index is 0.437. The first-order chi connectivity index (χ1) is 7.19. The second-order valence-corrected chi connectivity index (χ2v) is 3.71. The molecule has 0 unspecified atom stereocenters. The molecule has 1 atom stereocenters. The minimum Gasteiger partial charge on any atom is -0.389 e. The van der Waals surface area contributed by atoms with Gasteiger partial charge in [0.1, 0.15) is 5.82 Å². The van der Waals surface area contributed by atoms with Gasteiger partial charge in [0.25, 0.3) is 0 Å². The van der Waals surface area contributed by atoms with Crippen molar-refractivity contribution in [3.05, 3.63) is 23.9 Å². The maximum atomic E-state index is 9.36. The van der Waals surface area contributed by atoms with Crippen molar-refractivity contribution in [2.75, 3.05) is 18.0 Å². The number of hydrogen-bond donors (Lipinski definition) is 1. The molecule has 1 rings (SSSR count). The Kier molecular flexibility index (Phi) is 4.56. The van der Waals surface area contributed by atoms with E-state index in [1.165, 1.54) is 0 Å². The first-order valence-electron chi connectivity index (χ1n) is 5.58. The van der Waals surface area contributed by atoms with Crippen molar-refractivity contribution in [1.29, 1.82) is 0 Å². The molecule has 0 saturated carbocycles. The average Bonchev–Trinajstić information content (AvgIpc) is 2.26. The highest BCUT2D eigenvalue weighted by Gasteiger charge is 2.05. The predicted octanol–water partition coefficient (Wildman–Crippen LogP) is 2.37. The molecule has 3 heteroatoms. The van der Waals surface area contributed by atoms with Crippen LogP contribution in [0.2, 0.25) is 0 Å². The molecule has 0 aliphatic carbocycles. The van der Waals surface area contributed by atoms with Gasteiger partial charge in [-0.1, -0.05) is 13.0 Å². The highest BCUT2D eigenvalue weighted by Crippen LogP contribution is 2.15. The zero-order chi connectivity index (χ0) is 11.3. The summed E-state index contributed by atoms with van der Waals surface area (Å²) in [4.78, 5) is 6.58. The molecule has 0 aromatic carbocycles. The van der Waals surface area contributed by atoms with Gasteiger partial charge in [-0.2, -0.15) is 0 Å². The summed E-state index contributed by atoms with van der Waals surface area (Å²) in [6, 6.07) is 3.91. The van der Waals surface area contributed by atoms with E-state index in [1.54, 1.807) is 13.1 Å². The third-order valence-electron chi connectivity index (χ3n) is 2.45. The van der Waals surface area contributed by atoms with E-state index in [0.29, 0.717) is 0 Å². The van der Waals surface area contributed by atoms with Crippen molar-refractivity contribution in [2.24, 2.45) is 0 Å². The summed E-state index contributed by atoms with van der Waals surface area (Å²) in [5.41, 5.74) is 0.867. The van der Waals surface area contributed by atoms with Crippen LogP contribution in [0.5, 0.6) is 0 Å². The summed E-state index contributed by atoms with van der Waals surface area (Å²) < 4.78 is 0. The van der Waals surface area contributed by atoms with E-state index < -0.39 is 6.10 Å². The minimum atomic E-state index is -0.437. The van der Waals surface area contributed by atoms with Gasteiger partial charge in [-0.15, -0.1) is 0 Å². The second kappa shape index (κ2) is 5.71. The highest BCUT2D eigenvalue weighted by atomic mass is 16.3. The van der Waals surface area contributed by atoms with Gasteiger partial charge in [0.05, 0.1) is 6.10 Å². The van der Waals surface area contributed by atoms with Crippen LogP contribution in [0.25, 0.3) is 0 Å². The molecule has 1 aromatic rings. The molecule has 0 amide bonds. The van der Waals surface area contributed by atoms with Gasteiger partial charge in [0.15, 0.2) is 0 Å².